The predicted octanol–water partition coefficient (Wildman–Crippen LogP) is 2.42. The maximum absolute atomic E-state index is 6.36. The maximum atomic E-state index is 6.36. The Morgan fingerprint density at radius 2 is 2.40 bits per heavy atom. The fraction of sp³-hybridized carbons (Fsp3) is 0.786. The molecule has 4 nitrogen and oxygen atoms in total. The molecule has 0 aromatic carbocycles. The second kappa shape index (κ2) is 7.69. The molecule has 114 valence electrons. The van der Waals surface area contributed by atoms with Gasteiger partial charge in [-0.05, 0) is 26.3 Å². The summed E-state index contributed by atoms with van der Waals surface area (Å²) in [6.45, 7) is 6.06. The minimum absolute atomic E-state index is 0.260. The molecule has 0 bridgehead atoms. The molecule has 1 saturated heterocycles. The van der Waals surface area contributed by atoms with E-state index in [1.54, 1.807) is 4.68 Å². The van der Waals surface area contributed by atoms with E-state index in [2.05, 4.69) is 17.3 Å². The number of thioether (sulfide) groups is 1. The van der Waals surface area contributed by atoms with Gasteiger partial charge in [0.1, 0.15) is 5.15 Å². The Balaban J connectivity index is 2.09. The summed E-state index contributed by atoms with van der Waals surface area (Å²) in [5, 5.41) is 8.76. The van der Waals surface area contributed by atoms with Crippen molar-refractivity contribution >= 4 is 23.4 Å². The topological polar surface area (TPSA) is 39.1 Å². The Labute approximate surface area is 130 Å². The van der Waals surface area contributed by atoms with Crippen LogP contribution in [0.5, 0.6) is 0 Å². The van der Waals surface area contributed by atoms with Crippen molar-refractivity contribution in [1.29, 1.82) is 0 Å². The average Bonchev–Trinajstić information content (AvgIpc) is 2.70. The molecule has 6 heteroatoms. The van der Waals surface area contributed by atoms with E-state index < -0.39 is 0 Å². The summed E-state index contributed by atoms with van der Waals surface area (Å²) < 4.78 is 7.69. The number of nitrogens with one attached hydrogen (secondary N) is 1. The smallest absolute Gasteiger partial charge is 0.130 e. The van der Waals surface area contributed by atoms with Crippen LogP contribution in [0.3, 0.4) is 0 Å². The number of aromatic nitrogens is 2. The molecule has 1 fully saturated rings. The van der Waals surface area contributed by atoms with Crippen molar-refractivity contribution in [3.05, 3.63) is 16.4 Å². The highest BCUT2D eigenvalue weighted by atomic mass is 35.5. The lowest BCUT2D eigenvalue weighted by atomic mass is 10.0. The minimum atomic E-state index is 0.260. The zero-order valence-corrected chi connectivity index (χ0v) is 14.1. The van der Waals surface area contributed by atoms with Crippen LogP contribution in [0.2, 0.25) is 5.15 Å². The molecule has 2 rings (SSSR count). The number of aryl methyl sites for hydroxylation is 2. The van der Waals surface area contributed by atoms with Crippen LogP contribution in [0, 0.1) is 6.92 Å². The molecule has 1 aliphatic rings. The summed E-state index contributed by atoms with van der Waals surface area (Å²) in [6, 6.07) is 0.308. The first kappa shape index (κ1) is 16.1. The van der Waals surface area contributed by atoms with Gasteiger partial charge >= 0.3 is 0 Å². The van der Waals surface area contributed by atoms with Crippen LogP contribution in [0.1, 0.15) is 24.6 Å². The van der Waals surface area contributed by atoms with Crippen LogP contribution in [-0.4, -0.2) is 46.6 Å². The molecule has 2 unspecified atom stereocenters. The third-order valence-electron chi connectivity index (χ3n) is 3.64. The summed E-state index contributed by atoms with van der Waals surface area (Å²) in [5.41, 5.74) is 2.16. The minimum Gasteiger partial charge on any atom is -0.375 e. The SMILES string of the molecule is CCCNC(Cc1c(C)nn(C)c1Cl)C1CSCCO1. The lowest BCUT2D eigenvalue weighted by molar-refractivity contribution is 0.0471. The van der Waals surface area contributed by atoms with Crippen molar-refractivity contribution in [3.63, 3.8) is 0 Å². The van der Waals surface area contributed by atoms with Crippen molar-refractivity contribution in [1.82, 2.24) is 15.1 Å². The average molecular weight is 318 g/mol. The molecule has 1 aromatic rings. The predicted molar refractivity (Wildman–Crippen MR) is 85.8 cm³/mol. The fourth-order valence-corrected chi connectivity index (χ4v) is 3.72. The first-order chi connectivity index (χ1) is 9.63. The van der Waals surface area contributed by atoms with E-state index in [1.165, 1.54) is 0 Å². The van der Waals surface area contributed by atoms with E-state index in [0.29, 0.717) is 6.04 Å². The van der Waals surface area contributed by atoms with Gasteiger partial charge < -0.3 is 10.1 Å². The van der Waals surface area contributed by atoms with Gasteiger partial charge in [-0.3, -0.25) is 4.68 Å². The molecule has 0 saturated carbocycles. The molecule has 20 heavy (non-hydrogen) atoms. The van der Waals surface area contributed by atoms with E-state index in [-0.39, 0.29) is 6.10 Å². The third-order valence-corrected chi connectivity index (χ3v) is 5.13. The zero-order chi connectivity index (χ0) is 14.5. The maximum Gasteiger partial charge on any atom is 0.130 e. The van der Waals surface area contributed by atoms with E-state index in [4.69, 9.17) is 16.3 Å². The fourth-order valence-electron chi connectivity index (χ4n) is 2.53. The van der Waals surface area contributed by atoms with Gasteiger partial charge in [0.15, 0.2) is 0 Å². The summed E-state index contributed by atoms with van der Waals surface area (Å²) >= 11 is 8.33. The van der Waals surface area contributed by atoms with Crippen molar-refractivity contribution in [2.75, 3.05) is 24.7 Å². The van der Waals surface area contributed by atoms with Gasteiger partial charge in [-0.15, -0.1) is 0 Å². The lowest BCUT2D eigenvalue weighted by Gasteiger charge is -2.31. The number of nitrogens with zero attached hydrogens (tertiary/aromatic N) is 2. The quantitative estimate of drug-likeness (QED) is 0.874. The highest BCUT2D eigenvalue weighted by molar-refractivity contribution is 7.99. The largest absolute Gasteiger partial charge is 0.375 e. The van der Waals surface area contributed by atoms with Crippen LogP contribution >= 0.6 is 23.4 Å². The molecule has 2 atom stereocenters. The van der Waals surface area contributed by atoms with E-state index in [0.717, 1.165) is 53.9 Å². The van der Waals surface area contributed by atoms with Crippen molar-refractivity contribution < 1.29 is 4.74 Å². The number of ether oxygens (including phenoxy) is 1. The van der Waals surface area contributed by atoms with Crippen LogP contribution in [0.4, 0.5) is 0 Å². The van der Waals surface area contributed by atoms with Crippen LogP contribution < -0.4 is 5.32 Å². The van der Waals surface area contributed by atoms with Crippen molar-refractivity contribution in [3.8, 4) is 0 Å². The first-order valence-electron chi connectivity index (χ1n) is 7.24. The van der Waals surface area contributed by atoms with E-state index in [1.807, 2.05) is 25.7 Å². The highest BCUT2D eigenvalue weighted by Gasteiger charge is 2.27. The molecule has 0 spiro atoms. The normalized spacial score (nSPS) is 21.1. The molecular weight excluding hydrogens is 294 g/mol. The Kier molecular flexibility index (Phi) is 6.20. The summed E-state index contributed by atoms with van der Waals surface area (Å²) in [7, 11) is 1.89. The number of hydrogen-bond donors (Lipinski definition) is 1. The molecule has 2 heterocycles. The zero-order valence-electron chi connectivity index (χ0n) is 12.5. The molecule has 1 aromatic heterocycles. The third kappa shape index (κ3) is 3.91. The van der Waals surface area contributed by atoms with Gasteiger partial charge in [-0.2, -0.15) is 16.9 Å². The Bertz CT molecular complexity index is 432. The second-order valence-corrected chi connectivity index (χ2v) is 6.74. The summed E-state index contributed by atoms with van der Waals surface area (Å²) in [5.74, 6) is 2.15. The van der Waals surface area contributed by atoms with Gasteiger partial charge in [0, 0.05) is 30.2 Å². The highest BCUT2D eigenvalue weighted by Crippen LogP contribution is 2.24. The number of halogens is 1. The van der Waals surface area contributed by atoms with Crippen molar-refractivity contribution in [2.24, 2.45) is 7.05 Å². The number of rotatable bonds is 6. The van der Waals surface area contributed by atoms with Gasteiger partial charge in [0.05, 0.1) is 18.4 Å². The van der Waals surface area contributed by atoms with Crippen molar-refractivity contribution in [2.45, 2.75) is 38.8 Å². The Morgan fingerprint density at radius 3 is 2.95 bits per heavy atom. The number of hydrogen-bond acceptors (Lipinski definition) is 4. The first-order valence-corrected chi connectivity index (χ1v) is 8.77. The Morgan fingerprint density at radius 1 is 1.60 bits per heavy atom. The van der Waals surface area contributed by atoms with Gasteiger partial charge in [0.25, 0.3) is 0 Å². The van der Waals surface area contributed by atoms with E-state index in [9.17, 15) is 0 Å². The van der Waals surface area contributed by atoms with Crippen LogP contribution in [0.25, 0.3) is 0 Å². The summed E-state index contributed by atoms with van der Waals surface area (Å²) in [6.07, 6.45) is 2.26. The van der Waals surface area contributed by atoms with E-state index >= 15 is 0 Å². The molecule has 1 aliphatic heterocycles. The second-order valence-electron chi connectivity index (χ2n) is 5.23. The lowest BCUT2D eigenvalue weighted by Crippen LogP contribution is -2.46. The van der Waals surface area contributed by atoms with Crippen LogP contribution in [-0.2, 0) is 18.2 Å². The molecule has 0 radical (unpaired) electrons. The molecule has 1 N–H and O–H groups in total. The Hall–Kier alpha value is -0.230. The van der Waals surface area contributed by atoms with Gasteiger partial charge in [-0.25, -0.2) is 0 Å². The van der Waals surface area contributed by atoms with Gasteiger partial charge in [-0.1, -0.05) is 18.5 Å². The molecular formula is C14H24ClN3OS. The van der Waals surface area contributed by atoms with Crippen LogP contribution in [0.15, 0.2) is 0 Å². The summed E-state index contributed by atoms with van der Waals surface area (Å²) in [4.78, 5) is 0. The standard InChI is InChI=1S/C14H24ClN3OS/c1-4-5-16-12(13-9-20-7-6-19-13)8-11-10(2)17-18(3)14(11)15/h12-13,16H,4-9H2,1-3H3. The monoisotopic (exact) mass is 317 g/mol. The molecule has 0 aliphatic carbocycles. The molecule has 0 amide bonds. The van der Waals surface area contributed by atoms with Gasteiger partial charge in [0.2, 0.25) is 0 Å².